The van der Waals surface area contributed by atoms with Crippen molar-refractivity contribution in [3.8, 4) is 11.5 Å². The van der Waals surface area contributed by atoms with Crippen LogP contribution in [0.25, 0.3) is 0 Å². The molecule has 1 atom stereocenters. The van der Waals surface area contributed by atoms with Crippen LogP contribution in [0.5, 0.6) is 11.5 Å². The zero-order valence-corrected chi connectivity index (χ0v) is 17.0. The fraction of sp³-hybridized carbons (Fsp3) is 0.318. The number of amides is 1. The van der Waals surface area contributed by atoms with Gasteiger partial charge >= 0.3 is 5.97 Å². The van der Waals surface area contributed by atoms with Crippen LogP contribution < -0.4 is 14.4 Å². The monoisotopic (exact) mass is 413 g/mol. The molecule has 0 radical (unpaired) electrons. The van der Waals surface area contributed by atoms with E-state index in [4.69, 9.17) is 14.2 Å². The summed E-state index contributed by atoms with van der Waals surface area (Å²) in [7, 11) is 2.89. The molecule has 0 aliphatic carbocycles. The first-order valence-corrected chi connectivity index (χ1v) is 9.40. The van der Waals surface area contributed by atoms with E-state index in [9.17, 15) is 19.5 Å². The third kappa shape index (κ3) is 3.73. The normalized spacial score (nSPS) is 17.5. The summed E-state index contributed by atoms with van der Waals surface area (Å²) in [6.07, 6.45) is -0.522. The van der Waals surface area contributed by atoms with E-state index in [1.54, 1.807) is 43.3 Å². The summed E-state index contributed by atoms with van der Waals surface area (Å²) in [6, 6.07) is 11.2. The molecule has 8 heteroatoms. The van der Waals surface area contributed by atoms with Crippen molar-refractivity contribution in [1.29, 1.82) is 0 Å². The summed E-state index contributed by atoms with van der Waals surface area (Å²) < 4.78 is 15.3. The highest BCUT2D eigenvalue weighted by molar-refractivity contribution is 6.12. The van der Waals surface area contributed by atoms with Crippen LogP contribution in [0.4, 0.5) is 5.69 Å². The number of fused-ring (bicyclic) bond motifs is 1. The highest BCUT2D eigenvalue weighted by atomic mass is 16.5. The van der Waals surface area contributed by atoms with Gasteiger partial charge in [0.1, 0.15) is 18.0 Å². The molecule has 1 amide bonds. The Bertz CT molecular complexity index is 987. The van der Waals surface area contributed by atoms with Crippen LogP contribution in [0.1, 0.15) is 29.3 Å². The third-order valence-electron chi connectivity index (χ3n) is 4.96. The number of rotatable bonds is 8. The molecule has 2 aromatic rings. The second-order valence-corrected chi connectivity index (χ2v) is 6.74. The fourth-order valence-electron chi connectivity index (χ4n) is 3.53. The molecule has 0 spiro atoms. The number of hydrogen-bond acceptors (Lipinski definition) is 7. The molecule has 1 aliphatic rings. The number of carbonyl (C=O) groups is 3. The average molecular weight is 413 g/mol. The number of esters is 1. The van der Waals surface area contributed by atoms with Crippen LogP contribution in [0.2, 0.25) is 0 Å². The first-order chi connectivity index (χ1) is 14.3. The van der Waals surface area contributed by atoms with Crippen LogP contribution in [0, 0.1) is 0 Å². The summed E-state index contributed by atoms with van der Waals surface area (Å²) in [4.78, 5) is 39.3. The van der Waals surface area contributed by atoms with Crippen LogP contribution >= 0.6 is 0 Å². The van der Waals surface area contributed by atoms with E-state index >= 15 is 0 Å². The van der Waals surface area contributed by atoms with Crippen LogP contribution in [0.15, 0.2) is 42.5 Å². The van der Waals surface area contributed by atoms with Crippen molar-refractivity contribution >= 4 is 23.3 Å². The Morgan fingerprint density at radius 3 is 2.50 bits per heavy atom. The molecule has 0 saturated carbocycles. The molecule has 0 aromatic heterocycles. The van der Waals surface area contributed by atoms with E-state index in [0.29, 0.717) is 17.2 Å². The quantitative estimate of drug-likeness (QED) is 0.522. The van der Waals surface area contributed by atoms with E-state index in [1.807, 2.05) is 0 Å². The van der Waals surface area contributed by atoms with Crippen molar-refractivity contribution in [2.24, 2.45) is 0 Å². The molecule has 0 fully saturated rings. The molecule has 8 nitrogen and oxygen atoms in total. The van der Waals surface area contributed by atoms with Gasteiger partial charge in [0.15, 0.2) is 11.4 Å². The van der Waals surface area contributed by atoms with Gasteiger partial charge in [-0.25, -0.2) is 0 Å². The van der Waals surface area contributed by atoms with Gasteiger partial charge in [0.25, 0.3) is 5.91 Å². The van der Waals surface area contributed by atoms with Gasteiger partial charge in [0.05, 0.1) is 38.5 Å². The molecule has 0 bridgehead atoms. The first-order valence-electron chi connectivity index (χ1n) is 9.40. The average Bonchev–Trinajstić information content (AvgIpc) is 2.95. The summed E-state index contributed by atoms with van der Waals surface area (Å²) >= 11 is 0. The van der Waals surface area contributed by atoms with E-state index in [1.165, 1.54) is 20.3 Å². The number of hydrogen-bond donors (Lipinski definition) is 1. The number of nitrogens with zero attached hydrogens (tertiary/aromatic N) is 1. The maximum Gasteiger partial charge on any atom is 0.326 e. The highest BCUT2D eigenvalue weighted by Crippen LogP contribution is 2.43. The van der Waals surface area contributed by atoms with E-state index in [0.717, 1.165) is 4.90 Å². The zero-order chi connectivity index (χ0) is 21.9. The molecule has 1 aliphatic heterocycles. The van der Waals surface area contributed by atoms with Crippen LogP contribution in [-0.4, -0.2) is 50.1 Å². The van der Waals surface area contributed by atoms with Crippen molar-refractivity contribution in [3.05, 3.63) is 53.6 Å². The third-order valence-corrected chi connectivity index (χ3v) is 4.96. The minimum Gasteiger partial charge on any atom is -0.497 e. The van der Waals surface area contributed by atoms with Gasteiger partial charge in [0, 0.05) is 5.56 Å². The largest absolute Gasteiger partial charge is 0.497 e. The summed E-state index contributed by atoms with van der Waals surface area (Å²) in [5.74, 6) is -1.13. The maximum absolute atomic E-state index is 13.1. The van der Waals surface area contributed by atoms with Crippen molar-refractivity contribution < 1.29 is 33.7 Å². The lowest BCUT2D eigenvalue weighted by Gasteiger charge is -2.22. The molecule has 0 saturated heterocycles. The van der Waals surface area contributed by atoms with Gasteiger partial charge in [-0.3, -0.25) is 19.3 Å². The topological polar surface area (TPSA) is 102 Å². The minimum atomic E-state index is -2.12. The van der Waals surface area contributed by atoms with Gasteiger partial charge in [-0.05, 0) is 31.2 Å². The lowest BCUT2D eigenvalue weighted by Crippen LogP contribution is -2.44. The second kappa shape index (κ2) is 8.54. The highest BCUT2D eigenvalue weighted by Gasteiger charge is 2.51. The number of methoxy groups -OCH3 is 2. The van der Waals surface area contributed by atoms with Crippen molar-refractivity contribution in [2.45, 2.75) is 18.9 Å². The Morgan fingerprint density at radius 2 is 1.83 bits per heavy atom. The molecule has 3 rings (SSSR count). The Hall–Kier alpha value is -3.39. The summed E-state index contributed by atoms with van der Waals surface area (Å²) in [6.45, 7) is 1.47. The number of para-hydroxylation sites is 1. The van der Waals surface area contributed by atoms with E-state index in [2.05, 4.69) is 0 Å². The Balaban J connectivity index is 1.96. The lowest BCUT2D eigenvalue weighted by atomic mass is 9.88. The number of Topliss-reactive ketones (excluding diaryl/α,β-unsaturated/α-hetero) is 1. The predicted octanol–water partition coefficient (Wildman–Crippen LogP) is 2.07. The molecule has 2 aromatic carbocycles. The van der Waals surface area contributed by atoms with Crippen molar-refractivity contribution in [2.75, 3.05) is 32.3 Å². The maximum atomic E-state index is 13.1. The molecular formula is C22H23NO7. The Morgan fingerprint density at radius 1 is 1.10 bits per heavy atom. The SMILES string of the molecule is CCOC(=O)CN1C(=O)[C@@](O)(CC(=O)c2cc(OC)ccc2OC)c2ccccc21. The summed E-state index contributed by atoms with van der Waals surface area (Å²) in [5, 5.41) is 11.3. The second-order valence-electron chi connectivity index (χ2n) is 6.74. The number of benzene rings is 2. The van der Waals surface area contributed by atoms with Gasteiger partial charge in [-0.15, -0.1) is 0 Å². The van der Waals surface area contributed by atoms with Crippen LogP contribution in [0.3, 0.4) is 0 Å². The number of ketones is 1. The molecule has 30 heavy (non-hydrogen) atoms. The molecule has 0 unspecified atom stereocenters. The van der Waals surface area contributed by atoms with Crippen molar-refractivity contribution in [3.63, 3.8) is 0 Å². The standard InChI is InChI=1S/C22H23NO7/c1-4-30-20(25)13-23-17-8-6-5-7-16(17)22(27,21(23)26)12-18(24)15-11-14(28-2)9-10-19(15)29-3/h5-11,27H,4,12-13H2,1-3H3/t22-/m1/s1. The van der Waals surface area contributed by atoms with Crippen molar-refractivity contribution in [1.82, 2.24) is 0 Å². The molecule has 1 N–H and O–H groups in total. The number of carbonyl (C=O) groups excluding carboxylic acids is 3. The van der Waals surface area contributed by atoms with E-state index < -0.39 is 29.7 Å². The smallest absolute Gasteiger partial charge is 0.326 e. The Labute approximate surface area is 174 Å². The zero-order valence-electron chi connectivity index (χ0n) is 17.0. The van der Waals surface area contributed by atoms with Gasteiger partial charge in [-0.2, -0.15) is 0 Å². The number of ether oxygens (including phenoxy) is 3. The fourth-order valence-corrected chi connectivity index (χ4v) is 3.53. The molecule has 1 heterocycles. The Kier molecular flexibility index (Phi) is 6.07. The number of anilines is 1. The molecular weight excluding hydrogens is 390 g/mol. The van der Waals surface area contributed by atoms with Crippen LogP contribution in [-0.2, 0) is 19.9 Å². The predicted molar refractivity (Wildman–Crippen MR) is 108 cm³/mol. The summed E-state index contributed by atoms with van der Waals surface area (Å²) in [5.41, 5.74) is -1.31. The van der Waals surface area contributed by atoms with Gasteiger partial charge in [-0.1, -0.05) is 18.2 Å². The van der Waals surface area contributed by atoms with Gasteiger partial charge in [0.2, 0.25) is 0 Å². The van der Waals surface area contributed by atoms with Gasteiger partial charge < -0.3 is 19.3 Å². The number of aliphatic hydroxyl groups is 1. The minimum absolute atomic E-state index is 0.168. The molecule has 158 valence electrons. The van der Waals surface area contributed by atoms with E-state index in [-0.39, 0.29) is 24.3 Å². The lowest BCUT2D eigenvalue weighted by molar-refractivity contribution is -0.144. The first kappa shape index (κ1) is 21.3.